The number of aryl methyl sites for hydroxylation is 2. The molecule has 0 aliphatic carbocycles. The molecule has 3 rings (SSSR count). The van der Waals surface area contributed by atoms with Crippen molar-refractivity contribution >= 4 is 51.7 Å². The number of nitrogens with zero attached hydrogens (tertiary/aromatic N) is 4. The molecule has 0 saturated heterocycles. The van der Waals surface area contributed by atoms with Gasteiger partial charge >= 0.3 is 5.97 Å². The Labute approximate surface area is 211 Å². The van der Waals surface area contributed by atoms with Crippen LogP contribution in [0.2, 0.25) is 5.02 Å². The van der Waals surface area contributed by atoms with Crippen molar-refractivity contribution in [1.82, 2.24) is 19.7 Å². The lowest BCUT2D eigenvalue weighted by atomic mass is 10.2. The number of halogens is 1. The highest BCUT2D eigenvalue weighted by molar-refractivity contribution is 7.99. The number of aromatic nitrogens is 4. The summed E-state index contributed by atoms with van der Waals surface area (Å²) >= 11 is 8.53. The van der Waals surface area contributed by atoms with Crippen molar-refractivity contribution in [3.63, 3.8) is 0 Å². The summed E-state index contributed by atoms with van der Waals surface area (Å²) in [6.45, 7) is 4.58. The van der Waals surface area contributed by atoms with E-state index in [0.29, 0.717) is 40.6 Å². The lowest BCUT2D eigenvalue weighted by Crippen LogP contribution is -2.14. The molecule has 3 aromatic rings. The maximum Gasteiger partial charge on any atom is 0.311 e. The van der Waals surface area contributed by atoms with Crippen LogP contribution in [0.4, 0.5) is 5.13 Å². The lowest BCUT2D eigenvalue weighted by Gasteiger charge is -2.09. The predicted octanol–water partition coefficient (Wildman–Crippen LogP) is 4.08. The third-order valence-electron chi connectivity index (χ3n) is 4.63. The van der Waals surface area contributed by atoms with Crippen molar-refractivity contribution in [3.05, 3.63) is 45.7 Å². The van der Waals surface area contributed by atoms with Crippen molar-refractivity contribution in [2.75, 3.05) is 24.3 Å². The Balaban J connectivity index is 1.41. The molecule has 0 aliphatic rings. The Hall–Kier alpha value is -2.63. The van der Waals surface area contributed by atoms with Crippen LogP contribution in [-0.2, 0) is 34.2 Å². The highest BCUT2D eigenvalue weighted by atomic mass is 35.5. The van der Waals surface area contributed by atoms with Crippen molar-refractivity contribution < 1.29 is 19.1 Å². The van der Waals surface area contributed by atoms with E-state index in [1.165, 1.54) is 23.1 Å². The van der Waals surface area contributed by atoms with Crippen LogP contribution in [0.5, 0.6) is 5.75 Å². The molecule has 9 nitrogen and oxygen atoms in total. The van der Waals surface area contributed by atoms with E-state index in [9.17, 15) is 9.59 Å². The van der Waals surface area contributed by atoms with Crippen LogP contribution in [0.15, 0.2) is 28.7 Å². The van der Waals surface area contributed by atoms with Crippen LogP contribution < -0.4 is 10.1 Å². The Morgan fingerprint density at radius 2 is 2.12 bits per heavy atom. The van der Waals surface area contributed by atoms with Gasteiger partial charge < -0.3 is 19.4 Å². The minimum Gasteiger partial charge on any atom is -0.493 e. The number of rotatable bonds is 12. The fraction of sp³-hybridized carbons (Fsp3) is 0.409. The molecule has 0 bridgehead atoms. The number of hydrogen-bond acceptors (Lipinski definition) is 9. The normalized spacial score (nSPS) is 10.8. The second kappa shape index (κ2) is 12.7. The summed E-state index contributed by atoms with van der Waals surface area (Å²) in [5, 5.41) is 14.7. The van der Waals surface area contributed by atoms with Gasteiger partial charge in [-0.15, -0.1) is 21.5 Å². The van der Waals surface area contributed by atoms with Crippen LogP contribution in [0, 0.1) is 6.92 Å². The first-order chi connectivity index (χ1) is 16.4. The summed E-state index contributed by atoms with van der Waals surface area (Å²) in [6, 6.07) is 5.55. The predicted molar refractivity (Wildman–Crippen MR) is 133 cm³/mol. The molecule has 0 atom stereocenters. The maximum atomic E-state index is 12.3. The topological polar surface area (TPSA) is 108 Å². The Morgan fingerprint density at radius 1 is 1.29 bits per heavy atom. The largest absolute Gasteiger partial charge is 0.493 e. The van der Waals surface area contributed by atoms with Crippen LogP contribution >= 0.6 is 34.7 Å². The van der Waals surface area contributed by atoms with Gasteiger partial charge in [0, 0.05) is 23.9 Å². The summed E-state index contributed by atoms with van der Waals surface area (Å²) in [5.41, 5.74) is 1.57. The molecule has 2 aromatic heterocycles. The van der Waals surface area contributed by atoms with Gasteiger partial charge in [-0.25, -0.2) is 4.98 Å². The van der Waals surface area contributed by atoms with Gasteiger partial charge in [-0.2, -0.15) is 0 Å². The Kier molecular flexibility index (Phi) is 9.73. The van der Waals surface area contributed by atoms with Crippen LogP contribution in [-0.4, -0.2) is 50.6 Å². The van der Waals surface area contributed by atoms with Gasteiger partial charge in [0.15, 0.2) is 10.3 Å². The van der Waals surface area contributed by atoms with Crippen LogP contribution in [0.25, 0.3) is 0 Å². The van der Waals surface area contributed by atoms with E-state index in [4.69, 9.17) is 21.1 Å². The smallest absolute Gasteiger partial charge is 0.311 e. The Bertz CT molecular complexity index is 1130. The first-order valence-corrected chi connectivity index (χ1v) is 12.9. The number of carbonyl (C=O) groups excluding carboxylic acids is 2. The average molecular weight is 524 g/mol. The number of thioether (sulfide) groups is 1. The molecule has 0 radical (unpaired) electrons. The molecule has 1 N–H and O–H groups in total. The molecule has 0 spiro atoms. The van der Waals surface area contributed by atoms with Crippen molar-refractivity contribution in [2.24, 2.45) is 7.05 Å². The summed E-state index contributed by atoms with van der Waals surface area (Å²) in [6.07, 6.45) is 1.56. The quantitative estimate of drug-likeness (QED) is 0.215. The number of nitrogens with one attached hydrogen (secondary N) is 1. The molecule has 0 saturated carbocycles. The van der Waals surface area contributed by atoms with Gasteiger partial charge in [0.05, 0.1) is 31.1 Å². The fourth-order valence-electron chi connectivity index (χ4n) is 2.97. The molecule has 1 amide bonds. The number of amides is 1. The second-order valence-corrected chi connectivity index (χ2v) is 9.52. The van der Waals surface area contributed by atoms with Gasteiger partial charge in [-0.05, 0) is 44.0 Å². The summed E-state index contributed by atoms with van der Waals surface area (Å²) < 4.78 is 12.6. The standard InChI is InChI=1S/C22H26ClN5O4S2/c1-4-31-20(30)11-16-12-33-21(24-16)25-19(29)13-34-22-27-26-18(28(22)3)6-5-9-32-17-8-7-15(23)10-14(17)2/h7-8,10,12H,4-6,9,11,13H2,1-3H3,(H,24,25,29). The van der Waals surface area contributed by atoms with Gasteiger partial charge in [-0.1, -0.05) is 23.4 Å². The summed E-state index contributed by atoms with van der Waals surface area (Å²) in [5.74, 6) is 1.25. The maximum absolute atomic E-state index is 12.3. The molecular weight excluding hydrogens is 498 g/mol. The van der Waals surface area contributed by atoms with Gasteiger partial charge in [0.25, 0.3) is 0 Å². The summed E-state index contributed by atoms with van der Waals surface area (Å²) in [4.78, 5) is 28.1. The second-order valence-electron chi connectivity index (χ2n) is 7.28. The zero-order valence-electron chi connectivity index (χ0n) is 19.2. The zero-order chi connectivity index (χ0) is 24.5. The fourth-order valence-corrected chi connectivity index (χ4v) is 4.65. The number of esters is 1. The van der Waals surface area contributed by atoms with Gasteiger partial charge in [0.1, 0.15) is 11.6 Å². The third kappa shape index (κ3) is 7.71. The first kappa shape index (κ1) is 26.0. The lowest BCUT2D eigenvalue weighted by molar-refractivity contribution is -0.142. The molecule has 0 aliphatic heterocycles. The van der Waals surface area contributed by atoms with E-state index in [1.807, 2.05) is 36.7 Å². The van der Waals surface area contributed by atoms with Crippen molar-refractivity contribution in [2.45, 2.75) is 38.3 Å². The van der Waals surface area contributed by atoms with E-state index in [1.54, 1.807) is 12.3 Å². The number of carbonyl (C=O) groups is 2. The third-order valence-corrected chi connectivity index (χ3v) is 6.69. The molecule has 0 fully saturated rings. The number of ether oxygens (including phenoxy) is 2. The van der Waals surface area contributed by atoms with Crippen molar-refractivity contribution in [1.29, 1.82) is 0 Å². The summed E-state index contributed by atoms with van der Waals surface area (Å²) in [7, 11) is 1.88. The van der Waals surface area contributed by atoms with E-state index in [0.717, 1.165) is 23.6 Å². The van der Waals surface area contributed by atoms with Gasteiger partial charge in [0.2, 0.25) is 5.91 Å². The minimum atomic E-state index is -0.342. The molecule has 182 valence electrons. The average Bonchev–Trinajstić information content (AvgIpc) is 3.37. The SMILES string of the molecule is CCOC(=O)Cc1csc(NC(=O)CSc2nnc(CCCOc3ccc(Cl)cc3C)n2C)n1. The monoisotopic (exact) mass is 523 g/mol. The minimum absolute atomic E-state index is 0.0843. The van der Waals surface area contributed by atoms with E-state index in [2.05, 4.69) is 20.5 Å². The molecule has 0 unspecified atom stereocenters. The van der Waals surface area contributed by atoms with Gasteiger partial charge in [-0.3, -0.25) is 9.59 Å². The van der Waals surface area contributed by atoms with Crippen molar-refractivity contribution in [3.8, 4) is 5.75 Å². The zero-order valence-corrected chi connectivity index (χ0v) is 21.6. The highest BCUT2D eigenvalue weighted by Gasteiger charge is 2.14. The molecule has 1 aromatic carbocycles. The molecular formula is C22H26ClN5O4S2. The van der Waals surface area contributed by atoms with E-state index >= 15 is 0 Å². The number of thiazole rings is 1. The number of hydrogen-bond donors (Lipinski definition) is 1. The molecule has 12 heteroatoms. The molecule has 34 heavy (non-hydrogen) atoms. The number of anilines is 1. The Morgan fingerprint density at radius 3 is 2.88 bits per heavy atom. The van der Waals surface area contributed by atoms with Crippen LogP contribution in [0.3, 0.4) is 0 Å². The molecule has 2 heterocycles. The van der Waals surface area contributed by atoms with E-state index in [-0.39, 0.29) is 24.1 Å². The van der Waals surface area contributed by atoms with E-state index < -0.39 is 0 Å². The first-order valence-electron chi connectivity index (χ1n) is 10.7. The highest BCUT2D eigenvalue weighted by Crippen LogP contribution is 2.22. The number of benzene rings is 1. The van der Waals surface area contributed by atoms with Crippen LogP contribution in [0.1, 0.15) is 30.4 Å².